The number of rotatable bonds is 5. The molecule has 1 amide bonds. The van der Waals surface area contributed by atoms with Crippen molar-refractivity contribution in [2.45, 2.75) is 13.5 Å². The minimum absolute atomic E-state index is 0.0622. The van der Waals surface area contributed by atoms with E-state index in [0.717, 1.165) is 38.5 Å². The number of aryl methyl sites for hydroxylation is 1. The van der Waals surface area contributed by atoms with Gasteiger partial charge in [0.15, 0.2) is 5.82 Å². The van der Waals surface area contributed by atoms with E-state index in [1.165, 1.54) is 0 Å². The Morgan fingerprint density at radius 3 is 2.73 bits per heavy atom. The molecule has 0 atom stereocenters. The monoisotopic (exact) mass is 304 g/mol. The predicted molar refractivity (Wildman–Crippen MR) is 80.3 cm³/mol. The van der Waals surface area contributed by atoms with Crippen LogP contribution in [0, 0.1) is 6.92 Å². The molecule has 1 fully saturated rings. The highest BCUT2D eigenvalue weighted by Gasteiger charge is 2.20. The maximum absolute atomic E-state index is 12.0. The summed E-state index contributed by atoms with van der Waals surface area (Å²) < 4.78 is 10.3. The summed E-state index contributed by atoms with van der Waals surface area (Å²) >= 11 is 0. The summed E-state index contributed by atoms with van der Waals surface area (Å²) in [6, 6.07) is 5.60. The van der Waals surface area contributed by atoms with Gasteiger partial charge in [-0.3, -0.25) is 14.6 Å². The summed E-state index contributed by atoms with van der Waals surface area (Å²) in [4.78, 5) is 16.4. The number of carbonyl (C=O) groups excluding carboxylic acids is 1. The lowest BCUT2D eigenvalue weighted by atomic mass is 10.3. The molecule has 1 N–H and O–H groups in total. The molecule has 0 unspecified atom stereocenters. The fourth-order valence-corrected chi connectivity index (χ4v) is 2.54. The van der Waals surface area contributed by atoms with Crippen molar-refractivity contribution < 1.29 is 13.7 Å². The Hall–Kier alpha value is -2.12. The lowest BCUT2D eigenvalue weighted by molar-refractivity contribution is -0.117. The molecule has 7 heteroatoms. The van der Waals surface area contributed by atoms with Crippen molar-refractivity contribution in [3.63, 3.8) is 0 Å². The Morgan fingerprint density at radius 2 is 2.09 bits per heavy atom. The topological polar surface area (TPSA) is 74.8 Å². The van der Waals surface area contributed by atoms with Crippen LogP contribution in [-0.2, 0) is 11.3 Å². The maximum Gasteiger partial charge on any atom is 0.239 e. The molecule has 1 aliphatic heterocycles. The molecule has 2 aromatic heterocycles. The summed E-state index contributed by atoms with van der Waals surface area (Å²) in [6.07, 6.45) is 1.70. The van der Waals surface area contributed by atoms with Gasteiger partial charge in [0.25, 0.3) is 0 Å². The van der Waals surface area contributed by atoms with Crippen LogP contribution in [0.3, 0.4) is 0 Å². The van der Waals surface area contributed by atoms with E-state index >= 15 is 0 Å². The fraction of sp³-hybridized carbons (Fsp3) is 0.467. The van der Waals surface area contributed by atoms with Crippen LogP contribution >= 0.6 is 0 Å². The molecule has 1 aliphatic rings. The number of hydrogen-bond donors (Lipinski definition) is 1. The summed E-state index contributed by atoms with van der Waals surface area (Å²) in [6.45, 7) is 6.58. The van der Waals surface area contributed by atoms with Gasteiger partial charge in [-0.1, -0.05) is 5.16 Å². The Labute approximate surface area is 128 Å². The minimum atomic E-state index is -0.0622. The third-order valence-electron chi connectivity index (χ3n) is 3.69. The van der Waals surface area contributed by atoms with E-state index in [-0.39, 0.29) is 5.91 Å². The average molecular weight is 304 g/mol. The molecule has 0 aliphatic carbocycles. The van der Waals surface area contributed by atoms with E-state index in [1.54, 1.807) is 19.3 Å². The van der Waals surface area contributed by atoms with Gasteiger partial charge in [0.05, 0.1) is 19.4 Å². The van der Waals surface area contributed by atoms with Crippen LogP contribution in [0.2, 0.25) is 0 Å². The summed E-state index contributed by atoms with van der Waals surface area (Å²) in [5.74, 6) is 2.07. The highest BCUT2D eigenvalue weighted by Crippen LogP contribution is 2.10. The van der Waals surface area contributed by atoms with Gasteiger partial charge >= 0.3 is 0 Å². The largest absolute Gasteiger partial charge is 0.468 e. The number of carbonyl (C=O) groups is 1. The van der Waals surface area contributed by atoms with Crippen molar-refractivity contribution in [3.8, 4) is 0 Å². The molecular weight excluding hydrogens is 284 g/mol. The number of nitrogens with zero attached hydrogens (tertiary/aromatic N) is 3. The van der Waals surface area contributed by atoms with Gasteiger partial charge in [0, 0.05) is 32.2 Å². The SMILES string of the molecule is Cc1cc(NC(=O)CN2CCN(Cc3ccco3)CC2)no1. The van der Waals surface area contributed by atoms with Crippen LogP contribution in [-0.4, -0.2) is 53.6 Å². The number of piperazine rings is 1. The highest BCUT2D eigenvalue weighted by atomic mass is 16.5. The van der Waals surface area contributed by atoms with E-state index < -0.39 is 0 Å². The summed E-state index contributed by atoms with van der Waals surface area (Å²) in [5, 5.41) is 6.50. The Kier molecular flexibility index (Phi) is 4.55. The molecule has 22 heavy (non-hydrogen) atoms. The Balaban J connectivity index is 1.40. The van der Waals surface area contributed by atoms with Crippen LogP contribution in [0.15, 0.2) is 33.4 Å². The number of aromatic nitrogens is 1. The Bertz CT molecular complexity index is 600. The molecular formula is C15H20N4O3. The Morgan fingerprint density at radius 1 is 1.32 bits per heavy atom. The first-order valence-electron chi connectivity index (χ1n) is 7.39. The molecule has 0 radical (unpaired) electrons. The van der Waals surface area contributed by atoms with Gasteiger partial charge in [-0.05, 0) is 19.1 Å². The zero-order valence-electron chi connectivity index (χ0n) is 12.6. The fourth-order valence-electron chi connectivity index (χ4n) is 2.54. The molecule has 3 heterocycles. The second-order valence-electron chi connectivity index (χ2n) is 5.50. The van der Waals surface area contributed by atoms with Crippen LogP contribution in [0.25, 0.3) is 0 Å². The normalized spacial score (nSPS) is 16.8. The van der Waals surface area contributed by atoms with Crippen molar-refractivity contribution in [1.82, 2.24) is 15.0 Å². The van der Waals surface area contributed by atoms with Crippen LogP contribution < -0.4 is 5.32 Å². The number of nitrogens with one attached hydrogen (secondary N) is 1. The van der Waals surface area contributed by atoms with Crippen molar-refractivity contribution >= 4 is 11.7 Å². The average Bonchev–Trinajstić information content (AvgIpc) is 3.13. The molecule has 0 bridgehead atoms. The first-order valence-corrected chi connectivity index (χ1v) is 7.39. The number of hydrogen-bond acceptors (Lipinski definition) is 6. The smallest absolute Gasteiger partial charge is 0.239 e. The highest BCUT2D eigenvalue weighted by molar-refractivity contribution is 5.91. The van der Waals surface area contributed by atoms with Crippen molar-refractivity contribution in [2.24, 2.45) is 0 Å². The van der Waals surface area contributed by atoms with Gasteiger partial charge in [-0.15, -0.1) is 0 Å². The van der Waals surface area contributed by atoms with Crippen LogP contribution in [0.1, 0.15) is 11.5 Å². The molecule has 3 rings (SSSR count). The minimum Gasteiger partial charge on any atom is -0.468 e. The standard InChI is InChI=1S/C15H20N4O3/c1-12-9-14(17-22-12)16-15(20)11-19-6-4-18(5-7-19)10-13-3-2-8-21-13/h2-3,8-9H,4-7,10-11H2,1H3,(H,16,17,20). The number of anilines is 1. The molecule has 1 saturated heterocycles. The molecule has 0 saturated carbocycles. The first kappa shape index (κ1) is 14.8. The van der Waals surface area contributed by atoms with Crippen molar-refractivity contribution in [2.75, 3.05) is 38.0 Å². The molecule has 118 valence electrons. The van der Waals surface area contributed by atoms with Crippen molar-refractivity contribution in [1.29, 1.82) is 0 Å². The molecule has 7 nitrogen and oxygen atoms in total. The zero-order valence-corrected chi connectivity index (χ0v) is 12.6. The van der Waals surface area contributed by atoms with Gasteiger partial charge in [0.2, 0.25) is 5.91 Å². The van der Waals surface area contributed by atoms with Crippen molar-refractivity contribution in [3.05, 3.63) is 36.0 Å². The second-order valence-corrected chi connectivity index (χ2v) is 5.50. The van der Waals surface area contributed by atoms with Crippen LogP contribution in [0.5, 0.6) is 0 Å². The van der Waals surface area contributed by atoms with Gasteiger partial charge in [-0.2, -0.15) is 0 Å². The molecule has 2 aromatic rings. The third kappa shape index (κ3) is 3.96. The van der Waals surface area contributed by atoms with Gasteiger partial charge < -0.3 is 14.3 Å². The van der Waals surface area contributed by atoms with Gasteiger partial charge in [-0.25, -0.2) is 0 Å². The van der Waals surface area contributed by atoms with E-state index in [0.29, 0.717) is 18.1 Å². The summed E-state index contributed by atoms with van der Waals surface area (Å²) in [5.41, 5.74) is 0. The van der Waals surface area contributed by atoms with E-state index in [2.05, 4.69) is 20.3 Å². The molecule has 0 aromatic carbocycles. The van der Waals surface area contributed by atoms with E-state index in [9.17, 15) is 4.79 Å². The molecule has 0 spiro atoms. The lowest BCUT2D eigenvalue weighted by Gasteiger charge is -2.33. The summed E-state index contributed by atoms with van der Waals surface area (Å²) in [7, 11) is 0. The maximum atomic E-state index is 12.0. The second kappa shape index (κ2) is 6.76. The number of amides is 1. The van der Waals surface area contributed by atoms with E-state index in [4.69, 9.17) is 8.94 Å². The van der Waals surface area contributed by atoms with Gasteiger partial charge in [0.1, 0.15) is 11.5 Å². The van der Waals surface area contributed by atoms with E-state index in [1.807, 2.05) is 12.1 Å². The lowest BCUT2D eigenvalue weighted by Crippen LogP contribution is -2.48. The first-order chi connectivity index (χ1) is 10.7. The predicted octanol–water partition coefficient (Wildman–Crippen LogP) is 1.33. The third-order valence-corrected chi connectivity index (χ3v) is 3.69. The number of furan rings is 1. The quantitative estimate of drug-likeness (QED) is 0.898. The zero-order chi connectivity index (χ0) is 15.4. The van der Waals surface area contributed by atoms with Crippen LogP contribution in [0.4, 0.5) is 5.82 Å².